The molecule has 0 aliphatic heterocycles. The Kier molecular flexibility index (Phi) is 4.74. The minimum Gasteiger partial charge on any atom is -0.326 e. The molecule has 0 aliphatic rings. The molecule has 19 heavy (non-hydrogen) atoms. The van der Waals surface area contributed by atoms with E-state index in [1.54, 1.807) is 0 Å². The van der Waals surface area contributed by atoms with Crippen molar-refractivity contribution in [3.05, 3.63) is 41.7 Å². The average molecular weight is 257 g/mol. The number of hydrogen-bond acceptors (Lipinski definition) is 2. The van der Waals surface area contributed by atoms with Crippen LogP contribution in [0.5, 0.6) is 0 Å². The molecule has 2 aromatic rings. The van der Waals surface area contributed by atoms with E-state index in [9.17, 15) is 0 Å². The van der Waals surface area contributed by atoms with E-state index < -0.39 is 0 Å². The summed E-state index contributed by atoms with van der Waals surface area (Å²) >= 11 is 0. The topological polar surface area (TPSA) is 43.8 Å². The van der Waals surface area contributed by atoms with Gasteiger partial charge in [0.15, 0.2) is 0 Å². The quantitative estimate of drug-likeness (QED) is 0.805. The first kappa shape index (κ1) is 13.8. The van der Waals surface area contributed by atoms with Crippen LogP contribution in [0, 0.1) is 6.92 Å². The fourth-order valence-corrected chi connectivity index (χ4v) is 2.37. The van der Waals surface area contributed by atoms with Gasteiger partial charge < -0.3 is 5.73 Å². The number of benzene rings is 1. The molecule has 0 atom stereocenters. The van der Waals surface area contributed by atoms with Crippen LogP contribution in [0.25, 0.3) is 11.1 Å². The molecule has 3 heteroatoms. The summed E-state index contributed by atoms with van der Waals surface area (Å²) in [6, 6.07) is 6.30. The molecule has 1 aromatic heterocycles. The Labute approximate surface area is 115 Å². The molecule has 1 heterocycles. The monoisotopic (exact) mass is 257 g/mol. The maximum absolute atomic E-state index is 5.76. The van der Waals surface area contributed by atoms with E-state index >= 15 is 0 Å². The van der Waals surface area contributed by atoms with Crippen molar-refractivity contribution in [2.45, 2.75) is 46.2 Å². The Balaban J connectivity index is 2.18. The number of nitrogens with zero attached hydrogens (tertiary/aromatic N) is 2. The summed E-state index contributed by atoms with van der Waals surface area (Å²) in [6.07, 6.45) is 7.79. The average Bonchev–Trinajstić information content (AvgIpc) is 2.88. The Bertz CT molecular complexity index is 529. The van der Waals surface area contributed by atoms with Crippen molar-refractivity contribution >= 4 is 0 Å². The number of rotatable bonds is 6. The summed E-state index contributed by atoms with van der Waals surface area (Å²) in [6.45, 7) is 5.94. The Morgan fingerprint density at radius 3 is 2.84 bits per heavy atom. The first-order chi connectivity index (χ1) is 9.26. The van der Waals surface area contributed by atoms with Gasteiger partial charge in [-0.15, -0.1) is 0 Å². The predicted molar refractivity (Wildman–Crippen MR) is 79.8 cm³/mol. The molecule has 2 N–H and O–H groups in total. The molecule has 0 bridgehead atoms. The molecule has 0 unspecified atom stereocenters. The van der Waals surface area contributed by atoms with Crippen molar-refractivity contribution in [1.82, 2.24) is 9.78 Å². The smallest absolute Gasteiger partial charge is 0.0568 e. The molecule has 0 spiro atoms. The van der Waals surface area contributed by atoms with Gasteiger partial charge in [-0.05, 0) is 30.0 Å². The van der Waals surface area contributed by atoms with E-state index in [-0.39, 0.29) is 0 Å². The van der Waals surface area contributed by atoms with Crippen LogP contribution in [0.15, 0.2) is 30.6 Å². The van der Waals surface area contributed by atoms with E-state index in [1.165, 1.54) is 41.5 Å². The van der Waals surface area contributed by atoms with Gasteiger partial charge in [-0.25, -0.2) is 0 Å². The third-order valence-corrected chi connectivity index (χ3v) is 3.60. The van der Waals surface area contributed by atoms with Gasteiger partial charge in [0, 0.05) is 24.8 Å². The molecule has 0 radical (unpaired) electrons. The molecule has 0 aliphatic carbocycles. The summed E-state index contributed by atoms with van der Waals surface area (Å²) in [5.41, 5.74) is 10.7. The fraction of sp³-hybridized carbons (Fsp3) is 0.438. The van der Waals surface area contributed by atoms with Crippen molar-refractivity contribution in [2.24, 2.45) is 5.73 Å². The van der Waals surface area contributed by atoms with Gasteiger partial charge >= 0.3 is 0 Å². The second-order valence-corrected chi connectivity index (χ2v) is 4.99. The van der Waals surface area contributed by atoms with Crippen LogP contribution < -0.4 is 5.73 Å². The normalized spacial score (nSPS) is 10.9. The Morgan fingerprint density at radius 1 is 1.26 bits per heavy atom. The maximum atomic E-state index is 5.76. The summed E-state index contributed by atoms with van der Waals surface area (Å²) in [5, 5.41) is 4.45. The molecule has 3 nitrogen and oxygen atoms in total. The lowest BCUT2D eigenvalue weighted by molar-refractivity contribution is 0.553. The highest BCUT2D eigenvalue weighted by molar-refractivity contribution is 5.67. The number of unbranched alkanes of at least 4 members (excludes halogenated alkanes) is 2. The number of aromatic nitrogens is 2. The lowest BCUT2D eigenvalue weighted by Gasteiger charge is -2.08. The van der Waals surface area contributed by atoms with Crippen LogP contribution >= 0.6 is 0 Å². The van der Waals surface area contributed by atoms with Gasteiger partial charge in [-0.1, -0.05) is 38.0 Å². The highest BCUT2D eigenvalue weighted by atomic mass is 15.3. The zero-order valence-electron chi connectivity index (χ0n) is 11.9. The van der Waals surface area contributed by atoms with Crippen LogP contribution in [-0.4, -0.2) is 9.78 Å². The van der Waals surface area contributed by atoms with Crippen LogP contribution in [0.3, 0.4) is 0 Å². The van der Waals surface area contributed by atoms with Crippen LogP contribution in [0.2, 0.25) is 0 Å². The SMILES string of the molecule is CCCCCn1cc(-c2cccc(CN)c2C)cn1. The van der Waals surface area contributed by atoms with Gasteiger partial charge in [-0.2, -0.15) is 5.10 Å². The fourth-order valence-electron chi connectivity index (χ4n) is 2.37. The van der Waals surface area contributed by atoms with Gasteiger partial charge in [0.05, 0.1) is 6.20 Å². The van der Waals surface area contributed by atoms with Crippen LogP contribution in [0.4, 0.5) is 0 Å². The zero-order valence-corrected chi connectivity index (χ0v) is 11.9. The minimum atomic E-state index is 0.588. The second-order valence-electron chi connectivity index (χ2n) is 4.99. The lowest BCUT2D eigenvalue weighted by Crippen LogP contribution is -2.00. The van der Waals surface area contributed by atoms with Crippen LogP contribution in [0.1, 0.15) is 37.3 Å². The first-order valence-electron chi connectivity index (χ1n) is 7.07. The van der Waals surface area contributed by atoms with Crippen molar-refractivity contribution < 1.29 is 0 Å². The molecule has 0 fully saturated rings. The van der Waals surface area contributed by atoms with Crippen molar-refractivity contribution in [2.75, 3.05) is 0 Å². The summed E-state index contributed by atoms with van der Waals surface area (Å²) in [7, 11) is 0. The van der Waals surface area contributed by atoms with Gasteiger partial charge in [0.25, 0.3) is 0 Å². The van der Waals surface area contributed by atoms with Gasteiger partial charge in [0.1, 0.15) is 0 Å². The largest absolute Gasteiger partial charge is 0.326 e. The van der Waals surface area contributed by atoms with Crippen molar-refractivity contribution in [1.29, 1.82) is 0 Å². The molecule has 0 saturated carbocycles. The van der Waals surface area contributed by atoms with E-state index in [0.717, 1.165) is 6.54 Å². The van der Waals surface area contributed by atoms with Crippen molar-refractivity contribution in [3.63, 3.8) is 0 Å². The van der Waals surface area contributed by atoms with Crippen LogP contribution in [-0.2, 0) is 13.1 Å². The number of aryl methyl sites for hydroxylation is 1. The zero-order chi connectivity index (χ0) is 13.7. The maximum Gasteiger partial charge on any atom is 0.0568 e. The van der Waals surface area contributed by atoms with Gasteiger partial charge in [0.2, 0.25) is 0 Å². The molecule has 0 saturated heterocycles. The Morgan fingerprint density at radius 2 is 2.11 bits per heavy atom. The predicted octanol–water partition coefficient (Wildman–Crippen LogP) is 3.51. The summed E-state index contributed by atoms with van der Waals surface area (Å²) in [4.78, 5) is 0. The summed E-state index contributed by atoms with van der Waals surface area (Å²) in [5.74, 6) is 0. The molecular weight excluding hydrogens is 234 g/mol. The number of hydrogen-bond donors (Lipinski definition) is 1. The summed E-state index contributed by atoms with van der Waals surface area (Å²) < 4.78 is 2.04. The third-order valence-electron chi connectivity index (χ3n) is 3.60. The molecule has 102 valence electrons. The highest BCUT2D eigenvalue weighted by Gasteiger charge is 2.07. The van der Waals surface area contributed by atoms with Gasteiger partial charge in [-0.3, -0.25) is 4.68 Å². The molecule has 2 rings (SSSR count). The second kappa shape index (κ2) is 6.53. The lowest BCUT2D eigenvalue weighted by atomic mass is 9.99. The van der Waals surface area contributed by atoms with E-state index in [2.05, 4.69) is 43.3 Å². The van der Waals surface area contributed by atoms with Crippen molar-refractivity contribution in [3.8, 4) is 11.1 Å². The number of nitrogens with two attached hydrogens (primary N) is 1. The van der Waals surface area contributed by atoms with E-state index in [4.69, 9.17) is 5.73 Å². The molecular formula is C16H23N3. The molecule has 1 aromatic carbocycles. The van der Waals surface area contributed by atoms with E-state index in [1.807, 2.05) is 10.9 Å². The molecule has 0 amide bonds. The third kappa shape index (κ3) is 3.24. The standard InChI is InChI=1S/C16H23N3/c1-3-4-5-9-19-12-15(11-18-19)16-8-6-7-14(10-17)13(16)2/h6-8,11-12H,3-5,9-10,17H2,1-2H3. The highest BCUT2D eigenvalue weighted by Crippen LogP contribution is 2.25. The van der Waals surface area contributed by atoms with E-state index in [0.29, 0.717) is 6.54 Å². The Hall–Kier alpha value is -1.61. The minimum absolute atomic E-state index is 0.588. The first-order valence-corrected chi connectivity index (χ1v) is 7.07.